The maximum Gasteiger partial charge on any atom is 0.233 e. The van der Waals surface area contributed by atoms with Crippen LogP contribution in [0.1, 0.15) is 22.5 Å². The Bertz CT molecular complexity index is 1090. The van der Waals surface area contributed by atoms with Crippen LogP contribution in [0.5, 0.6) is 0 Å². The second-order valence-corrected chi connectivity index (χ2v) is 8.61. The number of benzene rings is 2. The van der Waals surface area contributed by atoms with Gasteiger partial charge in [-0.2, -0.15) is 0 Å². The molecule has 1 N–H and O–H groups in total. The number of nitrogens with zero attached hydrogens (tertiary/aromatic N) is 4. The zero-order valence-electron chi connectivity index (χ0n) is 17.7. The van der Waals surface area contributed by atoms with Crippen molar-refractivity contribution in [2.45, 2.75) is 31.5 Å². The van der Waals surface area contributed by atoms with Gasteiger partial charge in [-0.3, -0.25) is 9.59 Å². The first-order chi connectivity index (χ1) is 15.0. The van der Waals surface area contributed by atoms with Gasteiger partial charge in [-0.1, -0.05) is 53.7 Å². The molecule has 1 aliphatic heterocycles. The monoisotopic (exact) mass is 435 g/mol. The molecular formula is C23H25N5O2S. The lowest BCUT2D eigenvalue weighted by atomic mass is 10.00. The molecule has 2 aromatic carbocycles. The van der Waals surface area contributed by atoms with Crippen LogP contribution in [0.25, 0.3) is 0 Å². The summed E-state index contributed by atoms with van der Waals surface area (Å²) in [6.45, 7) is 3.39. The van der Waals surface area contributed by atoms with Crippen molar-refractivity contribution >= 4 is 29.3 Å². The van der Waals surface area contributed by atoms with Crippen LogP contribution in [0.4, 0.5) is 5.69 Å². The second-order valence-electron chi connectivity index (χ2n) is 7.67. The van der Waals surface area contributed by atoms with Crippen LogP contribution in [0, 0.1) is 6.92 Å². The highest BCUT2D eigenvalue weighted by molar-refractivity contribution is 7.99. The number of carbonyl (C=O) groups is 2. The van der Waals surface area contributed by atoms with Gasteiger partial charge in [-0.15, -0.1) is 10.2 Å². The number of rotatable bonds is 6. The van der Waals surface area contributed by atoms with E-state index >= 15 is 0 Å². The topological polar surface area (TPSA) is 80.1 Å². The Kier molecular flexibility index (Phi) is 6.36. The fourth-order valence-electron chi connectivity index (χ4n) is 3.54. The number of anilines is 1. The maximum atomic E-state index is 12.7. The molecule has 8 heteroatoms. The van der Waals surface area contributed by atoms with E-state index in [1.165, 1.54) is 22.9 Å². The summed E-state index contributed by atoms with van der Waals surface area (Å²) < 4.78 is 1.78. The number of aromatic nitrogens is 3. The minimum absolute atomic E-state index is 0.0844. The third-order valence-corrected chi connectivity index (χ3v) is 6.39. The molecule has 0 aliphatic carbocycles. The molecule has 2 heterocycles. The van der Waals surface area contributed by atoms with E-state index in [-0.39, 0.29) is 18.2 Å². The van der Waals surface area contributed by atoms with Crippen molar-refractivity contribution in [3.63, 3.8) is 0 Å². The molecule has 2 amide bonds. The maximum absolute atomic E-state index is 12.7. The molecule has 0 fully saturated rings. The average molecular weight is 436 g/mol. The minimum Gasteiger partial charge on any atom is -0.337 e. The summed E-state index contributed by atoms with van der Waals surface area (Å²) in [5.74, 6) is 0.788. The summed E-state index contributed by atoms with van der Waals surface area (Å²) >= 11 is 1.35. The third kappa shape index (κ3) is 5.14. The van der Waals surface area contributed by atoms with Crippen LogP contribution in [-0.2, 0) is 36.0 Å². The van der Waals surface area contributed by atoms with Crippen molar-refractivity contribution in [2.24, 2.45) is 7.05 Å². The molecule has 0 spiro atoms. The molecular weight excluding hydrogens is 410 g/mol. The Labute approximate surface area is 185 Å². The molecule has 0 bridgehead atoms. The van der Waals surface area contributed by atoms with Gasteiger partial charge >= 0.3 is 0 Å². The molecule has 0 atom stereocenters. The molecule has 160 valence electrons. The lowest BCUT2D eigenvalue weighted by Gasteiger charge is -2.28. The largest absolute Gasteiger partial charge is 0.337 e. The second kappa shape index (κ2) is 9.34. The van der Waals surface area contributed by atoms with E-state index < -0.39 is 0 Å². The molecule has 0 saturated heterocycles. The summed E-state index contributed by atoms with van der Waals surface area (Å²) in [5.41, 5.74) is 4.42. The van der Waals surface area contributed by atoms with E-state index in [0.29, 0.717) is 23.3 Å². The molecule has 0 saturated carbocycles. The van der Waals surface area contributed by atoms with Gasteiger partial charge in [0.05, 0.1) is 12.2 Å². The quantitative estimate of drug-likeness (QED) is 0.602. The van der Waals surface area contributed by atoms with E-state index in [1.807, 2.05) is 55.3 Å². The van der Waals surface area contributed by atoms with Gasteiger partial charge in [0.15, 0.2) is 5.16 Å². The molecule has 1 aromatic heterocycles. The number of aryl methyl sites for hydroxylation is 1. The molecule has 3 aromatic rings. The molecule has 31 heavy (non-hydrogen) atoms. The van der Waals surface area contributed by atoms with Crippen LogP contribution in [0.15, 0.2) is 53.7 Å². The number of hydrogen-bond donors (Lipinski definition) is 1. The predicted molar refractivity (Wildman–Crippen MR) is 121 cm³/mol. The standard InChI is InChI=1S/C23H25N5O2S/c1-16-7-9-19(10-8-16)24-21(29)13-20-25-26-23(27(20)2)31-15-22(30)28-12-11-17-5-3-4-6-18(17)14-28/h3-10H,11-15H2,1-2H3,(H,24,29). The normalized spacial score (nSPS) is 13.0. The fraction of sp³-hybridized carbons (Fsp3) is 0.304. The zero-order valence-corrected chi connectivity index (χ0v) is 18.5. The van der Waals surface area contributed by atoms with Gasteiger partial charge in [0, 0.05) is 25.8 Å². The predicted octanol–water partition coefficient (Wildman–Crippen LogP) is 2.98. The SMILES string of the molecule is Cc1ccc(NC(=O)Cc2nnc(SCC(=O)N3CCc4ccccc4C3)n2C)cc1. The number of hydrogen-bond acceptors (Lipinski definition) is 5. The highest BCUT2D eigenvalue weighted by atomic mass is 32.2. The highest BCUT2D eigenvalue weighted by Crippen LogP contribution is 2.21. The first-order valence-corrected chi connectivity index (χ1v) is 11.2. The first kappa shape index (κ1) is 21.1. The summed E-state index contributed by atoms with van der Waals surface area (Å²) in [6.07, 6.45) is 1.01. The number of nitrogens with one attached hydrogen (secondary N) is 1. The van der Waals surface area contributed by atoms with Gasteiger partial charge < -0.3 is 14.8 Å². The van der Waals surface area contributed by atoms with Gasteiger partial charge in [0.2, 0.25) is 11.8 Å². The molecule has 0 radical (unpaired) electrons. The van der Waals surface area contributed by atoms with E-state index in [1.54, 1.807) is 4.57 Å². The zero-order chi connectivity index (χ0) is 21.8. The van der Waals surface area contributed by atoms with Gasteiger partial charge in [0.1, 0.15) is 5.82 Å². The molecule has 7 nitrogen and oxygen atoms in total. The van der Waals surface area contributed by atoms with Crippen molar-refractivity contribution in [3.05, 3.63) is 71.0 Å². The van der Waals surface area contributed by atoms with Crippen LogP contribution in [0.3, 0.4) is 0 Å². The molecule has 4 rings (SSSR count). The Morgan fingerprint density at radius 2 is 1.81 bits per heavy atom. The number of thioether (sulfide) groups is 1. The highest BCUT2D eigenvalue weighted by Gasteiger charge is 2.21. The Balaban J connectivity index is 1.30. The minimum atomic E-state index is -0.154. The van der Waals surface area contributed by atoms with Gasteiger partial charge in [0.25, 0.3) is 0 Å². The number of amides is 2. The number of fused-ring (bicyclic) bond motifs is 1. The lowest BCUT2D eigenvalue weighted by Crippen LogP contribution is -2.37. The van der Waals surface area contributed by atoms with Gasteiger partial charge in [-0.05, 0) is 36.6 Å². The van der Waals surface area contributed by atoms with Crippen LogP contribution in [-0.4, -0.2) is 43.8 Å². The molecule has 0 unspecified atom stereocenters. The van der Waals surface area contributed by atoms with Crippen LogP contribution in [0.2, 0.25) is 0 Å². The first-order valence-electron chi connectivity index (χ1n) is 10.2. The van der Waals surface area contributed by atoms with Crippen LogP contribution < -0.4 is 5.32 Å². The van der Waals surface area contributed by atoms with E-state index in [0.717, 1.165) is 24.2 Å². The number of carbonyl (C=O) groups excluding carboxylic acids is 2. The van der Waals surface area contributed by atoms with Crippen LogP contribution >= 0.6 is 11.8 Å². The van der Waals surface area contributed by atoms with E-state index in [4.69, 9.17) is 0 Å². The van der Waals surface area contributed by atoms with Crippen molar-refractivity contribution in [3.8, 4) is 0 Å². The van der Waals surface area contributed by atoms with Crippen molar-refractivity contribution < 1.29 is 9.59 Å². The summed E-state index contributed by atoms with van der Waals surface area (Å²) in [5, 5.41) is 11.8. The summed E-state index contributed by atoms with van der Waals surface area (Å²) in [4.78, 5) is 26.9. The van der Waals surface area contributed by atoms with Gasteiger partial charge in [-0.25, -0.2) is 0 Å². The Morgan fingerprint density at radius 3 is 2.58 bits per heavy atom. The Hall–Kier alpha value is -3.13. The van der Waals surface area contributed by atoms with Crippen molar-refractivity contribution in [1.82, 2.24) is 19.7 Å². The third-order valence-electron chi connectivity index (χ3n) is 5.39. The van der Waals surface area contributed by atoms with Crippen molar-refractivity contribution in [1.29, 1.82) is 0 Å². The summed E-state index contributed by atoms with van der Waals surface area (Å²) in [6, 6.07) is 15.9. The smallest absolute Gasteiger partial charge is 0.233 e. The average Bonchev–Trinajstić information content (AvgIpc) is 3.12. The van der Waals surface area contributed by atoms with Crippen molar-refractivity contribution in [2.75, 3.05) is 17.6 Å². The van der Waals surface area contributed by atoms with E-state index in [9.17, 15) is 9.59 Å². The fourth-order valence-corrected chi connectivity index (χ4v) is 4.37. The summed E-state index contributed by atoms with van der Waals surface area (Å²) in [7, 11) is 1.82. The molecule has 1 aliphatic rings. The van der Waals surface area contributed by atoms with E-state index in [2.05, 4.69) is 27.6 Å². The Morgan fingerprint density at radius 1 is 1.06 bits per heavy atom. The lowest BCUT2D eigenvalue weighted by molar-refractivity contribution is -0.129.